The Morgan fingerprint density at radius 1 is 0.794 bits per heavy atom. The van der Waals surface area contributed by atoms with Crippen LogP contribution < -0.4 is 10.1 Å². The molecule has 0 fully saturated rings. The fraction of sp³-hybridized carbons (Fsp3) is 0.111. The summed E-state index contributed by atoms with van der Waals surface area (Å²) in [6, 6.07) is 25.0. The zero-order valence-corrected chi connectivity index (χ0v) is 18.3. The quantitative estimate of drug-likeness (QED) is 0.395. The molecule has 1 atom stereocenters. The van der Waals surface area contributed by atoms with Gasteiger partial charge in [-0.05, 0) is 28.8 Å². The lowest BCUT2D eigenvalue weighted by Gasteiger charge is -2.15. The smallest absolute Gasteiger partial charge is 0.326 e. The number of hydrogen-bond donors (Lipinski definition) is 2. The third-order valence-corrected chi connectivity index (χ3v) is 5.21. The van der Waals surface area contributed by atoms with Crippen LogP contribution in [0.2, 0.25) is 0 Å². The minimum Gasteiger partial charge on any atom is -0.480 e. The summed E-state index contributed by atoms with van der Waals surface area (Å²) in [4.78, 5) is 32.7. The van der Waals surface area contributed by atoms with Gasteiger partial charge in [0.15, 0.2) is 0 Å². The summed E-state index contributed by atoms with van der Waals surface area (Å²) < 4.78 is 5.61. The zero-order chi connectivity index (χ0) is 23.8. The van der Waals surface area contributed by atoms with Gasteiger partial charge in [0.05, 0.1) is 0 Å². The van der Waals surface area contributed by atoms with Crippen LogP contribution in [0, 0.1) is 0 Å². The van der Waals surface area contributed by atoms with Crippen LogP contribution in [0.3, 0.4) is 0 Å². The molecule has 0 saturated carbocycles. The summed E-state index contributed by atoms with van der Waals surface area (Å²) in [5.41, 5.74) is 3.82. The molecule has 0 bridgehead atoms. The van der Waals surface area contributed by atoms with E-state index in [9.17, 15) is 14.7 Å². The number of nitrogens with one attached hydrogen (secondary N) is 1. The Labute approximate surface area is 197 Å². The summed E-state index contributed by atoms with van der Waals surface area (Å²) in [5, 5.41) is 12.1. The topological polar surface area (TPSA) is 101 Å². The number of amides is 1. The Kier molecular flexibility index (Phi) is 7.25. The molecule has 3 aromatic carbocycles. The van der Waals surface area contributed by atoms with E-state index >= 15 is 0 Å². The second-order valence-corrected chi connectivity index (χ2v) is 7.66. The summed E-state index contributed by atoms with van der Waals surface area (Å²) in [5.74, 6) is -1.53. The van der Waals surface area contributed by atoms with E-state index in [2.05, 4.69) is 15.3 Å². The van der Waals surface area contributed by atoms with Crippen LogP contribution in [-0.2, 0) is 17.8 Å². The lowest BCUT2D eigenvalue weighted by Crippen LogP contribution is -2.42. The van der Waals surface area contributed by atoms with E-state index in [1.54, 1.807) is 36.7 Å². The van der Waals surface area contributed by atoms with E-state index in [-0.39, 0.29) is 12.4 Å². The Hall–Kier alpha value is -4.52. The van der Waals surface area contributed by atoms with Crippen molar-refractivity contribution in [2.75, 3.05) is 0 Å². The number of aliphatic carboxylic acids is 1. The molecule has 1 heterocycles. The van der Waals surface area contributed by atoms with E-state index < -0.39 is 17.9 Å². The van der Waals surface area contributed by atoms with Gasteiger partial charge in [0.1, 0.15) is 12.6 Å². The van der Waals surface area contributed by atoms with Gasteiger partial charge >= 0.3 is 12.0 Å². The standard InChI is InChI=1S/C27H23N3O4/c31-25(30-24(26(32)33)15-19-7-3-1-4-8-19)22-13-11-21(12-14-22)23-16-28-27(29-17-23)34-18-20-9-5-2-6-10-20/h1-14,16-17,24H,15,18H2,(H,30,31)(H,32,33). The van der Waals surface area contributed by atoms with Gasteiger partial charge in [-0.1, -0.05) is 72.8 Å². The number of carbonyl (C=O) groups is 2. The number of carboxylic acid groups (broad SMARTS) is 1. The van der Waals surface area contributed by atoms with Crippen LogP contribution in [0.4, 0.5) is 0 Å². The fourth-order valence-corrected chi connectivity index (χ4v) is 3.37. The van der Waals surface area contributed by atoms with E-state index in [0.717, 1.165) is 22.3 Å². The van der Waals surface area contributed by atoms with Crippen molar-refractivity contribution in [2.24, 2.45) is 0 Å². The van der Waals surface area contributed by atoms with E-state index in [1.165, 1.54) is 0 Å². The van der Waals surface area contributed by atoms with Crippen molar-refractivity contribution in [2.45, 2.75) is 19.1 Å². The molecule has 0 spiro atoms. The molecule has 34 heavy (non-hydrogen) atoms. The summed E-state index contributed by atoms with van der Waals surface area (Å²) in [7, 11) is 0. The van der Waals surface area contributed by atoms with E-state index in [0.29, 0.717) is 12.2 Å². The molecule has 0 aliphatic carbocycles. The highest BCUT2D eigenvalue weighted by atomic mass is 16.5. The second kappa shape index (κ2) is 10.9. The van der Waals surface area contributed by atoms with Gasteiger partial charge in [0.25, 0.3) is 5.91 Å². The molecular formula is C27H23N3O4. The minimum atomic E-state index is -1.08. The summed E-state index contributed by atoms with van der Waals surface area (Å²) >= 11 is 0. The lowest BCUT2D eigenvalue weighted by molar-refractivity contribution is -0.139. The largest absolute Gasteiger partial charge is 0.480 e. The SMILES string of the molecule is O=C(NC(Cc1ccccc1)C(=O)O)c1ccc(-c2cnc(OCc3ccccc3)nc2)cc1. The van der Waals surface area contributed by atoms with Crippen molar-refractivity contribution in [3.05, 3.63) is 114 Å². The monoisotopic (exact) mass is 453 g/mol. The molecule has 0 aliphatic rings. The molecule has 0 saturated heterocycles. The molecule has 7 heteroatoms. The van der Waals surface area contributed by atoms with Crippen LogP contribution in [0.5, 0.6) is 6.01 Å². The van der Waals surface area contributed by atoms with Gasteiger partial charge in [0, 0.05) is 29.9 Å². The van der Waals surface area contributed by atoms with Crippen LogP contribution >= 0.6 is 0 Å². The highest BCUT2D eigenvalue weighted by molar-refractivity contribution is 5.97. The third-order valence-electron chi connectivity index (χ3n) is 5.21. The number of carbonyl (C=O) groups excluding carboxylic acids is 1. The number of aromatic nitrogens is 2. The summed E-state index contributed by atoms with van der Waals surface area (Å²) in [6.45, 7) is 0.381. The molecule has 170 valence electrons. The van der Waals surface area contributed by atoms with Crippen molar-refractivity contribution in [1.82, 2.24) is 15.3 Å². The number of carboxylic acids is 1. The summed E-state index contributed by atoms with van der Waals surface area (Å²) in [6.07, 6.45) is 3.52. The number of nitrogens with zero attached hydrogens (tertiary/aromatic N) is 2. The zero-order valence-electron chi connectivity index (χ0n) is 18.3. The first-order valence-electron chi connectivity index (χ1n) is 10.8. The van der Waals surface area contributed by atoms with Gasteiger partial charge in [-0.25, -0.2) is 14.8 Å². The molecule has 2 N–H and O–H groups in total. The van der Waals surface area contributed by atoms with Crippen LogP contribution in [0.1, 0.15) is 21.5 Å². The Balaban J connectivity index is 1.37. The number of benzene rings is 3. The van der Waals surface area contributed by atoms with Crippen LogP contribution in [0.25, 0.3) is 11.1 Å². The average molecular weight is 453 g/mol. The first-order valence-corrected chi connectivity index (χ1v) is 10.8. The molecule has 1 aromatic heterocycles. The minimum absolute atomic E-state index is 0.204. The maximum atomic E-state index is 12.6. The molecular weight excluding hydrogens is 430 g/mol. The molecule has 0 aliphatic heterocycles. The van der Waals surface area contributed by atoms with Gasteiger partial charge in [-0.15, -0.1) is 0 Å². The van der Waals surface area contributed by atoms with E-state index in [4.69, 9.17) is 4.74 Å². The molecule has 1 unspecified atom stereocenters. The first-order chi connectivity index (χ1) is 16.6. The Bertz CT molecular complexity index is 1230. The van der Waals surface area contributed by atoms with Crippen molar-refractivity contribution in [1.29, 1.82) is 0 Å². The number of rotatable bonds is 9. The lowest BCUT2D eigenvalue weighted by atomic mass is 10.0. The van der Waals surface area contributed by atoms with Crippen molar-refractivity contribution in [3.8, 4) is 17.1 Å². The second-order valence-electron chi connectivity index (χ2n) is 7.66. The van der Waals surface area contributed by atoms with Crippen molar-refractivity contribution in [3.63, 3.8) is 0 Å². The average Bonchev–Trinajstić information content (AvgIpc) is 2.88. The highest BCUT2D eigenvalue weighted by Gasteiger charge is 2.21. The predicted octanol–water partition coefficient (Wildman–Crippen LogP) is 4.15. The molecule has 4 aromatic rings. The number of hydrogen-bond acceptors (Lipinski definition) is 5. The van der Waals surface area contributed by atoms with Gasteiger partial charge in [-0.3, -0.25) is 4.79 Å². The predicted molar refractivity (Wildman–Crippen MR) is 127 cm³/mol. The van der Waals surface area contributed by atoms with Crippen LogP contribution in [-0.4, -0.2) is 33.0 Å². The number of ether oxygens (including phenoxy) is 1. The highest BCUT2D eigenvalue weighted by Crippen LogP contribution is 2.20. The maximum Gasteiger partial charge on any atom is 0.326 e. The fourth-order valence-electron chi connectivity index (χ4n) is 3.37. The van der Waals surface area contributed by atoms with Gasteiger partial charge < -0.3 is 15.2 Å². The Morgan fingerprint density at radius 2 is 1.38 bits per heavy atom. The van der Waals surface area contributed by atoms with Gasteiger partial charge in [-0.2, -0.15) is 0 Å². The third kappa shape index (κ3) is 6.04. The van der Waals surface area contributed by atoms with Crippen LogP contribution in [0.15, 0.2) is 97.3 Å². The Morgan fingerprint density at radius 3 is 1.97 bits per heavy atom. The normalized spacial score (nSPS) is 11.4. The van der Waals surface area contributed by atoms with E-state index in [1.807, 2.05) is 60.7 Å². The van der Waals surface area contributed by atoms with Crippen molar-refractivity contribution < 1.29 is 19.4 Å². The molecule has 0 radical (unpaired) electrons. The maximum absolute atomic E-state index is 12.6. The molecule has 7 nitrogen and oxygen atoms in total. The first kappa shape index (κ1) is 22.7. The molecule has 4 rings (SSSR count). The van der Waals surface area contributed by atoms with Gasteiger partial charge in [0.2, 0.25) is 0 Å². The van der Waals surface area contributed by atoms with Crippen molar-refractivity contribution >= 4 is 11.9 Å². The molecule has 1 amide bonds.